The number of halogens is 1. The van der Waals surface area contributed by atoms with Crippen molar-refractivity contribution in [2.24, 2.45) is 0 Å². The van der Waals surface area contributed by atoms with Crippen molar-refractivity contribution < 1.29 is 14.3 Å². The van der Waals surface area contributed by atoms with Gasteiger partial charge in [0.15, 0.2) is 0 Å². The minimum Gasteiger partial charge on any atom is -0.492 e. The van der Waals surface area contributed by atoms with Crippen molar-refractivity contribution in [3.8, 4) is 5.75 Å². The van der Waals surface area contributed by atoms with E-state index in [-0.39, 0.29) is 12.1 Å². The first-order valence-corrected chi connectivity index (χ1v) is 8.43. The largest absolute Gasteiger partial charge is 0.492 e. The number of hydrogen-bond donors (Lipinski definition) is 1. The van der Waals surface area contributed by atoms with E-state index in [2.05, 4.69) is 21.2 Å². The van der Waals surface area contributed by atoms with Crippen LogP contribution in [0.2, 0.25) is 0 Å². The normalized spacial score (nSPS) is 17.8. The Balaban J connectivity index is 1.61. The minimum absolute atomic E-state index is 0.0893. The quantitative estimate of drug-likeness (QED) is 0.782. The molecule has 5 nitrogen and oxygen atoms in total. The lowest BCUT2D eigenvalue weighted by Gasteiger charge is -2.27. The van der Waals surface area contributed by atoms with Gasteiger partial charge in [0, 0.05) is 24.7 Å². The lowest BCUT2D eigenvalue weighted by atomic mass is 10.1. The van der Waals surface area contributed by atoms with E-state index in [1.807, 2.05) is 24.3 Å². The molecule has 0 aliphatic carbocycles. The standard InChI is InChI=1S/C16H23BrN2O3/c1-19(12-15-4-2-3-10-21-15)16(20)18-9-11-22-14-7-5-13(17)6-8-14/h5-8,15H,2-4,9-12H2,1H3,(H,18,20). The zero-order valence-electron chi connectivity index (χ0n) is 12.9. The Kier molecular flexibility index (Phi) is 6.99. The molecule has 0 spiro atoms. The van der Waals surface area contributed by atoms with Crippen molar-refractivity contribution >= 4 is 22.0 Å². The summed E-state index contributed by atoms with van der Waals surface area (Å²) in [6, 6.07) is 7.53. The number of amides is 2. The average molecular weight is 371 g/mol. The van der Waals surface area contributed by atoms with Crippen LogP contribution in [0.3, 0.4) is 0 Å². The van der Waals surface area contributed by atoms with Gasteiger partial charge in [-0.25, -0.2) is 4.79 Å². The van der Waals surface area contributed by atoms with Gasteiger partial charge in [-0.1, -0.05) is 15.9 Å². The molecular weight excluding hydrogens is 348 g/mol. The number of nitrogens with one attached hydrogen (secondary N) is 1. The average Bonchev–Trinajstić information content (AvgIpc) is 2.54. The van der Waals surface area contributed by atoms with Crippen LogP contribution in [0.5, 0.6) is 5.75 Å². The third kappa shape index (κ3) is 5.85. The fraction of sp³-hybridized carbons (Fsp3) is 0.562. The van der Waals surface area contributed by atoms with Crippen LogP contribution < -0.4 is 10.1 Å². The number of carbonyl (C=O) groups is 1. The molecule has 0 aromatic heterocycles. The zero-order chi connectivity index (χ0) is 15.8. The zero-order valence-corrected chi connectivity index (χ0v) is 14.5. The van der Waals surface area contributed by atoms with Gasteiger partial charge in [-0.15, -0.1) is 0 Å². The second-order valence-electron chi connectivity index (χ2n) is 5.40. The van der Waals surface area contributed by atoms with Crippen LogP contribution in [0.15, 0.2) is 28.7 Å². The minimum atomic E-state index is -0.0893. The van der Waals surface area contributed by atoms with E-state index in [1.54, 1.807) is 11.9 Å². The molecular formula is C16H23BrN2O3. The molecule has 1 unspecified atom stereocenters. The maximum absolute atomic E-state index is 12.0. The summed E-state index contributed by atoms with van der Waals surface area (Å²) < 4.78 is 12.2. The van der Waals surface area contributed by atoms with Crippen molar-refractivity contribution in [2.75, 3.05) is 33.4 Å². The predicted molar refractivity (Wildman–Crippen MR) is 89.3 cm³/mol. The molecule has 2 amide bonds. The van der Waals surface area contributed by atoms with E-state index >= 15 is 0 Å². The molecule has 2 rings (SSSR count). The molecule has 0 radical (unpaired) electrons. The molecule has 122 valence electrons. The predicted octanol–water partition coefficient (Wildman–Crippen LogP) is 3.04. The van der Waals surface area contributed by atoms with Crippen molar-refractivity contribution in [3.63, 3.8) is 0 Å². The fourth-order valence-corrected chi connectivity index (χ4v) is 2.60. The number of hydrogen-bond acceptors (Lipinski definition) is 3. The highest BCUT2D eigenvalue weighted by atomic mass is 79.9. The van der Waals surface area contributed by atoms with Gasteiger partial charge in [0.1, 0.15) is 12.4 Å². The maximum atomic E-state index is 12.0. The van der Waals surface area contributed by atoms with Gasteiger partial charge in [0.25, 0.3) is 0 Å². The lowest BCUT2D eigenvalue weighted by Crippen LogP contribution is -2.43. The fourth-order valence-electron chi connectivity index (χ4n) is 2.33. The van der Waals surface area contributed by atoms with Crippen molar-refractivity contribution in [3.05, 3.63) is 28.7 Å². The van der Waals surface area contributed by atoms with Crippen LogP contribution in [0, 0.1) is 0 Å². The van der Waals surface area contributed by atoms with Crippen molar-refractivity contribution in [1.29, 1.82) is 0 Å². The van der Waals surface area contributed by atoms with E-state index in [0.29, 0.717) is 19.7 Å². The molecule has 1 aliphatic rings. The van der Waals surface area contributed by atoms with Gasteiger partial charge in [-0.3, -0.25) is 0 Å². The summed E-state index contributed by atoms with van der Waals surface area (Å²) in [5.41, 5.74) is 0. The summed E-state index contributed by atoms with van der Waals surface area (Å²) in [5, 5.41) is 2.85. The Labute approximate surface area is 140 Å². The van der Waals surface area contributed by atoms with E-state index in [4.69, 9.17) is 9.47 Å². The Hall–Kier alpha value is -1.27. The molecule has 1 aromatic rings. The first-order chi connectivity index (χ1) is 10.6. The molecule has 1 aliphatic heterocycles. The Morgan fingerprint density at radius 3 is 2.86 bits per heavy atom. The Morgan fingerprint density at radius 1 is 1.41 bits per heavy atom. The molecule has 1 atom stereocenters. The van der Waals surface area contributed by atoms with Gasteiger partial charge in [-0.05, 0) is 43.5 Å². The topological polar surface area (TPSA) is 50.8 Å². The highest BCUT2D eigenvalue weighted by Gasteiger charge is 2.18. The molecule has 1 saturated heterocycles. The van der Waals surface area contributed by atoms with Crippen LogP contribution in [0.25, 0.3) is 0 Å². The van der Waals surface area contributed by atoms with Gasteiger partial charge in [0.2, 0.25) is 0 Å². The van der Waals surface area contributed by atoms with E-state index in [9.17, 15) is 4.79 Å². The number of carbonyl (C=O) groups excluding carboxylic acids is 1. The molecule has 0 bridgehead atoms. The summed E-state index contributed by atoms with van der Waals surface area (Å²) in [7, 11) is 1.79. The molecule has 1 aromatic carbocycles. The molecule has 1 N–H and O–H groups in total. The SMILES string of the molecule is CN(CC1CCCCO1)C(=O)NCCOc1ccc(Br)cc1. The molecule has 6 heteroatoms. The van der Waals surface area contributed by atoms with Crippen LogP contribution in [-0.4, -0.2) is 50.4 Å². The third-order valence-electron chi connectivity index (χ3n) is 3.56. The van der Waals surface area contributed by atoms with Crippen LogP contribution in [0.4, 0.5) is 4.79 Å². The summed E-state index contributed by atoms with van der Waals surface area (Å²) in [6.07, 6.45) is 3.51. The molecule has 22 heavy (non-hydrogen) atoms. The smallest absolute Gasteiger partial charge is 0.317 e. The van der Waals surface area contributed by atoms with Crippen LogP contribution in [0.1, 0.15) is 19.3 Å². The highest BCUT2D eigenvalue weighted by molar-refractivity contribution is 9.10. The van der Waals surface area contributed by atoms with Gasteiger partial charge < -0.3 is 19.7 Å². The van der Waals surface area contributed by atoms with E-state index < -0.39 is 0 Å². The first-order valence-electron chi connectivity index (χ1n) is 7.64. The summed E-state index contributed by atoms with van der Waals surface area (Å²) in [5.74, 6) is 0.793. The number of benzene rings is 1. The van der Waals surface area contributed by atoms with Crippen molar-refractivity contribution in [1.82, 2.24) is 10.2 Å². The number of urea groups is 1. The third-order valence-corrected chi connectivity index (χ3v) is 4.09. The number of ether oxygens (including phenoxy) is 2. The maximum Gasteiger partial charge on any atom is 0.317 e. The van der Waals surface area contributed by atoms with Crippen molar-refractivity contribution in [2.45, 2.75) is 25.4 Å². The summed E-state index contributed by atoms with van der Waals surface area (Å²) in [6.45, 7) is 2.37. The monoisotopic (exact) mass is 370 g/mol. The Bertz CT molecular complexity index is 461. The van der Waals surface area contributed by atoms with Gasteiger partial charge in [0.05, 0.1) is 12.6 Å². The second-order valence-corrected chi connectivity index (χ2v) is 6.32. The molecule has 0 saturated carbocycles. The van der Waals surface area contributed by atoms with Gasteiger partial charge >= 0.3 is 6.03 Å². The number of rotatable bonds is 6. The summed E-state index contributed by atoms with van der Waals surface area (Å²) >= 11 is 3.37. The van der Waals surface area contributed by atoms with Crippen LogP contribution >= 0.6 is 15.9 Å². The van der Waals surface area contributed by atoms with Crippen LogP contribution in [-0.2, 0) is 4.74 Å². The van der Waals surface area contributed by atoms with E-state index in [0.717, 1.165) is 29.7 Å². The first kappa shape index (κ1) is 17.1. The summed E-state index contributed by atoms with van der Waals surface area (Å²) in [4.78, 5) is 13.6. The van der Waals surface area contributed by atoms with Gasteiger partial charge in [-0.2, -0.15) is 0 Å². The van der Waals surface area contributed by atoms with E-state index in [1.165, 1.54) is 6.42 Å². The molecule has 1 fully saturated rings. The highest BCUT2D eigenvalue weighted by Crippen LogP contribution is 2.16. The lowest BCUT2D eigenvalue weighted by molar-refractivity contribution is 0.00384. The number of nitrogens with zero attached hydrogens (tertiary/aromatic N) is 1. The number of likely N-dealkylation sites (N-methyl/N-ethyl adjacent to an activating group) is 1. The molecule has 1 heterocycles. The Morgan fingerprint density at radius 2 is 2.18 bits per heavy atom. The second kappa shape index (κ2) is 9.00.